The van der Waals surface area contributed by atoms with Crippen LogP contribution in [0.2, 0.25) is 5.02 Å². The first-order valence-corrected chi connectivity index (χ1v) is 7.54. The average molecular weight is 408 g/mol. The van der Waals surface area contributed by atoms with Crippen molar-refractivity contribution in [3.8, 4) is 5.75 Å². The van der Waals surface area contributed by atoms with Crippen molar-refractivity contribution in [2.24, 2.45) is 0 Å². The van der Waals surface area contributed by atoms with Crippen molar-refractivity contribution in [3.05, 3.63) is 62.8 Å². The molecule has 5 heteroatoms. The third-order valence-electron chi connectivity index (χ3n) is 2.74. The molecule has 1 unspecified atom stereocenters. The quantitative estimate of drug-likeness (QED) is 0.589. The van der Waals surface area contributed by atoms with E-state index in [0.29, 0.717) is 5.56 Å². The van der Waals surface area contributed by atoms with Crippen molar-refractivity contribution in [2.45, 2.75) is 4.83 Å². The van der Waals surface area contributed by atoms with Crippen LogP contribution in [-0.2, 0) is 0 Å². The summed E-state index contributed by atoms with van der Waals surface area (Å²) < 4.78 is 20.0. The Balaban J connectivity index is 2.44. The number of ether oxygens (including phenoxy) is 1. The van der Waals surface area contributed by atoms with Crippen LogP contribution in [0.15, 0.2) is 40.9 Å². The average Bonchev–Trinajstić information content (AvgIpc) is 2.41. The fourth-order valence-electron chi connectivity index (χ4n) is 1.72. The van der Waals surface area contributed by atoms with Crippen molar-refractivity contribution in [1.29, 1.82) is 0 Å². The van der Waals surface area contributed by atoms with Crippen molar-refractivity contribution in [3.63, 3.8) is 0 Å². The van der Waals surface area contributed by atoms with Gasteiger partial charge in [-0.3, -0.25) is 0 Å². The highest BCUT2D eigenvalue weighted by molar-refractivity contribution is 9.11. The van der Waals surface area contributed by atoms with Crippen molar-refractivity contribution in [1.82, 2.24) is 0 Å². The third kappa shape index (κ3) is 3.12. The number of hydrogen-bond acceptors (Lipinski definition) is 1. The first-order chi connectivity index (χ1) is 9.04. The van der Waals surface area contributed by atoms with Gasteiger partial charge in [-0.2, -0.15) is 0 Å². The van der Waals surface area contributed by atoms with E-state index in [-0.39, 0.29) is 9.85 Å². The lowest BCUT2D eigenvalue weighted by molar-refractivity contribution is 0.414. The Morgan fingerprint density at radius 3 is 2.58 bits per heavy atom. The molecule has 0 aliphatic carbocycles. The van der Waals surface area contributed by atoms with Gasteiger partial charge in [-0.1, -0.05) is 61.7 Å². The number of methoxy groups -OCH3 is 1. The zero-order valence-electron chi connectivity index (χ0n) is 9.96. The smallest absolute Gasteiger partial charge is 0.146 e. The van der Waals surface area contributed by atoms with Crippen LogP contribution in [0.3, 0.4) is 0 Å². The molecule has 2 aromatic carbocycles. The maximum Gasteiger partial charge on any atom is 0.146 e. The molecule has 0 N–H and O–H groups in total. The number of alkyl halides is 1. The van der Waals surface area contributed by atoms with Crippen LogP contribution in [0.5, 0.6) is 5.75 Å². The Bertz CT molecular complexity index is 604. The Morgan fingerprint density at radius 2 is 1.95 bits per heavy atom. The Hall–Kier alpha value is -0.580. The summed E-state index contributed by atoms with van der Waals surface area (Å²) in [5, 5.41) is 0.117. The minimum Gasteiger partial charge on any atom is -0.497 e. The van der Waals surface area contributed by atoms with E-state index in [4.69, 9.17) is 16.3 Å². The molecule has 0 aliphatic heterocycles. The lowest BCUT2D eigenvalue weighted by Crippen LogP contribution is -1.98. The Morgan fingerprint density at radius 1 is 1.21 bits per heavy atom. The molecule has 0 saturated carbocycles. The van der Waals surface area contributed by atoms with Crippen LogP contribution in [0.4, 0.5) is 4.39 Å². The summed E-state index contributed by atoms with van der Waals surface area (Å²) in [7, 11) is 1.60. The second-order valence-corrected chi connectivity index (χ2v) is 6.07. The third-order valence-corrected chi connectivity index (χ3v) is 4.70. The van der Waals surface area contributed by atoms with Crippen LogP contribution in [0.1, 0.15) is 16.0 Å². The van der Waals surface area contributed by atoms with E-state index in [1.807, 2.05) is 18.2 Å². The predicted molar refractivity (Wildman–Crippen MR) is 82.9 cm³/mol. The molecule has 2 rings (SSSR count). The minimum absolute atomic E-state index is 0.117. The first kappa shape index (κ1) is 14.8. The zero-order chi connectivity index (χ0) is 14.0. The summed E-state index contributed by atoms with van der Waals surface area (Å²) >= 11 is 12.8. The standard InChI is InChI=1S/C14H10Br2ClFO/c1-19-8-5-6-9(11(15)7-8)13(16)10-3-2-4-12(17)14(10)18/h2-7,13H,1H3. The minimum atomic E-state index is -0.409. The van der Waals surface area contributed by atoms with E-state index in [0.717, 1.165) is 15.8 Å². The largest absolute Gasteiger partial charge is 0.497 e. The van der Waals surface area contributed by atoms with Crippen LogP contribution in [0.25, 0.3) is 0 Å². The van der Waals surface area contributed by atoms with Crippen LogP contribution in [-0.4, -0.2) is 7.11 Å². The fraction of sp³-hybridized carbons (Fsp3) is 0.143. The van der Waals surface area contributed by atoms with Crippen LogP contribution >= 0.6 is 43.5 Å². The van der Waals surface area contributed by atoms with Crippen LogP contribution < -0.4 is 4.74 Å². The second kappa shape index (κ2) is 6.25. The maximum atomic E-state index is 14.0. The molecule has 100 valence electrons. The molecule has 0 fully saturated rings. The van der Waals surface area contributed by atoms with Crippen molar-refractivity contribution in [2.75, 3.05) is 7.11 Å². The zero-order valence-corrected chi connectivity index (χ0v) is 13.9. The number of halogens is 4. The molecular formula is C14H10Br2ClFO. The molecule has 2 aromatic rings. The highest BCUT2D eigenvalue weighted by Crippen LogP contribution is 2.39. The van der Waals surface area contributed by atoms with Crippen molar-refractivity contribution >= 4 is 43.5 Å². The van der Waals surface area contributed by atoms with Gasteiger partial charge in [0, 0.05) is 10.0 Å². The van der Waals surface area contributed by atoms with Gasteiger partial charge in [0.2, 0.25) is 0 Å². The molecule has 1 nitrogen and oxygen atoms in total. The number of hydrogen-bond donors (Lipinski definition) is 0. The van der Waals surface area contributed by atoms with Gasteiger partial charge < -0.3 is 4.74 Å². The van der Waals surface area contributed by atoms with Gasteiger partial charge in [-0.15, -0.1) is 0 Å². The van der Waals surface area contributed by atoms with Gasteiger partial charge >= 0.3 is 0 Å². The lowest BCUT2D eigenvalue weighted by atomic mass is 10.0. The van der Waals surface area contributed by atoms with E-state index < -0.39 is 5.82 Å². The predicted octanol–water partition coefficient (Wildman–Crippen LogP) is 5.73. The molecule has 0 radical (unpaired) electrons. The summed E-state index contributed by atoms with van der Waals surface area (Å²) in [5.74, 6) is 0.329. The summed E-state index contributed by atoms with van der Waals surface area (Å²) in [6.45, 7) is 0. The van der Waals surface area contributed by atoms with E-state index >= 15 is 0 Å². The topological polar surface area (TPSA) is 9.23 Å². The highest BCUT2D eigenvalue weighted by Gasteiger charge is 2.19. The van der Waals surface area contributed by atoms with E-state index in [1.54, 1.807) is 19.2 Å². The van der Waals surface area contributed by atoms with Gasteiger partial charge in [0.25, 0.3) is 0 Å². The van der Waals surface area contributed by atoms with Gasteiger partial charge in [0.15, 0.2) is 0 Å². The lowest BCUT2D eigenvalue weighted by Gasteiger charge is -2.15. The SMILES string of the molecule is COc1ccc(C(Br)c2cccc(Cl)c2F)c(Br)c1. The summed E-state index contributed by atoms with van der Waals surface area (Å²) in [6, 6.07) is 10.5. The van der Waals surface area contributed by atoms with Crippen LogP contribution in [0, 0.1) is 5.82 Å². The molecule has 0 heterocycles. The first-order valence-electron chi connectivity index (χ1n) is 5.46. The molecule has 19 heavy (non-hydrogen) atoms. The molecule has 1 atom stereocenters. The number of benzene rings is 2. The summed E-state index contributed by atoms with van der Waals surface area (Å²) in [5.41, 5.74) is 1.40. The Labute approximate surface area is 133 Å². The number of rotatable bonds is 3. The van der Waals surface area contributed by atoms with Gasteiger partial charge in [0.1, 0.15) is 11.6 Å². The molecule has 0 aliphatic rings. The summed E-state index contributed by atoms with van der Waals surface area (Å²) in [6.07, 6.45) is 0. The maximum absolute atomic E-state index is 14.0. The van der Waals surface area contributed by atoms with E-state index in [1.165, 1.54) is 6.07 Å². The molecule has 0 saturated heterocycles. The molecule has 0 aromatic heterocycles. The summed E-state index contributed by atoms with van der Waals surface area (Å²) in [4.78, 5) is -0.286. The molecule has 0 bridgehead atoms. The van der Waals surface area contributed by atoms with Crippen molar-refractivity contribution < 1.29 is 9.13 Å². The normalized spacial score (nSPS) is 12.3. The van der Waals surface area contributed by atoms with Gasteiger partial charge in [0.05, 0.1) is 17.0 Å². The van der Waals surface area contributed by atoms with Gasteiger partial charge in [-0.25, -0.2) is 4.39 Å². The Kier molecular flexibility index (Phi) is 4.87. The second-order valence-electron chi connectivity index (χ2n) is 3.89. The van der Waals surface area contributed by atoms with E-state index in [9.17, 15) is 4.39 Å². The molecule has 0 amide bonds. The molecular weight excluding hydrogens is 398 g/mol. The molecule has 0 spiro atoms. The monoisotopic (exact) mass is 406 g/mol. The fourth-order valence-corrected chi connectivity index (χ4v) is 3.55. The van der Waals surface area contributed by atoms with Gasteiger partial charge in [-0.05, 0) is 23.8 Å². The van der Waals surface area contributed by atoms with E-state index in [2.05, 4.69) is 31.9 Å². The highest BCUT2D eigenvalue weighted by atomic mass is 79.9.